The molecule has 0 radical (unpaired) electrons. The maximum Gasteiger partial charge on any atom is 0.496 e. The molecule has 0 saturated carbocycles. The van der Waals surface area contributed by atoms with Gasteiger partial charge in [0.1, 0.15) is 5.69 Å². The Bertz CT molecular complexity index is 515. The molecule has 0 unspecified atom stereocenters. The zero-order chi connectivity index (χ0) is 14.4. The van der Waals surface area contributed by atoms with E-state index in [1.165, 1.54) is 6.92 Å². The normalized spacial score (nSPS) is 20.6. The summed E-state index contributed by atoms with van der Waals surface area (Å²) in [5, 5.41) is 0.319. The fourth-order valence-corrected chi connectivity index (χ4v) is 2.13. The van der Waals surface area contributed by atoms with Gasteiger partial charge in [-0.05, 0) is 33.8 Å². The molecule has 102 valence electrons. The highest BCUT2D eigenvalue weighted by Crippen LogP contribution is 2.36. The number of hydrogen-bond donors (Lipinski definition) is 0. The summed E-state index contributed by atoms with van der Waals surface area (Å²) in [5.41, 5.74) is 0.155. The molecule has 2 rings (SSSR count). The van der Waals surface area contributed by atoms with Gasteiger partial charge in [-0.2, -0.15) is 0 Å². The van der Waals surface area contributed by atoms with Gasteiger partial charge in [-0.1, -0.05) is 11.6 Å². The average Bonchev–Trinajstić information content (AvgIpc) is 2.47. The number of ketones is 1. The number of Topliss-reactive ketones (excluding diaryl/α,β-unsaturated/α-hetero) is 1. The third-order valence-corrected chi connectivity index (χ3v) is 4.01. The molecule has 1 aromatic rings. The van der Waals surface area contributed by atoms with Gasteiger partial charge in [0.25, 0.3) is 0 Å². The molecule has 0 atom stereocenters. The molecule has 1 aliphatic heterocycles. The number of carbonyl (C=O) groups excluding carboxylic acids is 1. The molecule has 0 bridgehead atoms. The van der Waals surface area contributed by atoms with Crippen LogP contribution in [0.3, 0.4) is 0 Å². The molecular formula is C13H17BClNO3. The zero-order valence-electron chi connectivity index (χ0n) is 11.8. The maximum absolute atomic E-state index is 11.3. The summed E-state index contributed by atoms with van der Waals surface area (Å²) in [5.74, 6) is -0.162. The van der Waals surface area contributed by atoms with E-state index in [1.54, 1.807) is 12.3 Å². The quantitative estimate of drug-likeness (QED) is 0.616. The van der Waals surface area contributed by atoms with E-state index in [-0.39, 0.29) is 11.5 Å². The Balaban J connectivity index is 2.31. The van der Waals surface area contributed by atoms with Crippen LogP contribution in [0.4, 0.5) is 0 Å². The first kappa shape index (κ1) is 14.5. The SMILES string of the molecule is CC(=O)c1ncc(B2OC(C)(C)C(C)(C)O2)cc1Cl. The second-order valence-corrected chi connectivity index (χ2v) is 6.15. The van der Waals surface area contributed by atoms with Crippen molar-refractivity contribution in [3.8, 4) is 0 Å². The Hall–Kier alpha value is -0.905. The molecule has 4 nitrogen and oxygen atoms in total. The minimum absolute atomic E-state index is 0.162. The molecule has 0 amide bonds. The van der Waals surface area contributed by atoms with Crippen LogP contribution in [0.1, 0.15) is 45.1 Å². The first-order valence-corrected chi connectivity index (χ1v) is 6.54. The molecule has 1 saturated heterocycles. The summed E-state index contributed by atoms with van der Waals surface area (Å²) in [6.45, 7) is 9.35. The summed E-state index contributed by atoms with van der Waals surface area (Å²) < 4.78 is 11.8. The Morgan fingerprint density at radius 1 is 1.26 bits per heavy atom. The summed E-state index contributed by atoms with van der Waals surface area (Å²) in [6, 6.07) is 1.67. The minimum atomic E-state index is -0.518. The van der Waals surface area contributed by atoms with Gasteiger partial charge in [-0.25, -0.2) is 0 Å². The van der Waals surface area contributed by atoms with Crippen molar-refractivity contribution >= 4 is 30.0 Å². The lowest BCUT2D eigenvalue weighted by Gasteiger charge is -2.32. The van der Waals surface area contributed by atoms with Gasteiger partial charge in [0.05, 0.1) is 16.2 Å². The first-order chi connectivity index (χ1) is 8.64. The summed E-state index contributed by atoms with van der Waals surface area (Å²) in [6.07, 6.45) is 1.57. The predicted molar refractivity (Wildman–Crippen MR) is 75.0 cm³/mol. The average molecular weight is 282 g/mol. The molecule has 0 aliphatic carbocycles. The maximum atomic E-state index is 11.3. The van der Waals surface area contributed by atoms with E-state index in [0.717, 1.165) is 0 Å². The predicted octanol–water partition coefficient (Wildman–Crippen LogP) is 2.24. The molecule has 1 aromatic heterocycles. The summed E-state index contributed by atoms with van der Waals surface area (Å²) in [7, 11) is -0.518. The fraction of sp³-hybridized carbons (Fsp3) is 0.538. The highest BCUT2D eigenvalue weighted by molar-refractivity contribution is 6.62. The molecule has 0 N–H and O–H groups in total. The van der Waals surface area contributed by atoms with Gasteiger partial charge in [-0.3, -0.25) is 9.78 Å². The van der Waals surface area contributed by atoms with Crippen LogP contribution in [-0.2, 0) is 9.31 Å². The Morgan fingerprint density at radius 2 is 1.79 bits per heavy atom. The number of halogens is 1. The molecule has 19 heavy (non-hydrogen) atoms. The zero-order valence-corrected chi connectivity index (χ0v) is 12.5. The van der Waals surface area contributed by atoms with Crippen LogP contribution in [0.15, 0.2) is 12.3 Å². The lowest BCUT2D eigenvalue weighted by molar-refractivity contribution is 0.00578. The van der Waals surface area contributed by atoms with Crippen LogP contribution in [0.2, 0.25) is 5.02 Å². The third kappa shape index (κ3) is 2.55. The van der Waals surface area contributed by atoms with E-state index in [1.807, 2.05) is 27.7 Å². The summed E-state index contributed by atoms with van der Waals surface area (Å²) in [4.78, 5) is 15.4. The van der Waals surface area contributed by atoms with E-state index in [0.29, 0.717) is 10.5 Å². The standard InChI is InChI=1S/C13H17BClNO3/c1-8(17)11-10(15)6-9(7-16-11)14-18-12(2,3)13(4,5)19-14/h6-7H,1-5H3. The highest BCUT2D eigenvalue weighted by atomic mass is 35.5. The van der Waals surface area contributed by atoms with Crippen LogP contribution in [0.5, 0.6) is 0 Å². The Morgan fingerprint density at radius 3 is 2.21 bits per heavy atom. The lowest BCUT2D eigenvalue weighted by atomic mass is 9.80. The molecule has 1 fully saturated rings. The molecule has 6 heteroatoms. The van der Waals surface area contributed by atoms with Crippen LogP contribution in [0.25, 0.3) is 0 Å². The van der Waals surface area contributed by atoms with E-state index < -0.39 is 18.3 Å². The van der Waals surface area contributed by atoms with Gasteiger partial charge < -0.3 is 9.31 Å². The van der Waals surface area contributed by atoms with Crippen LogP contribution >= 0.6 is 11.6 Å². The van der Waals surface area contributed by atoms with Gasteiger partial charge in [0.15, 0.2) is 5.78 Å². The molecule has 0 spiro atoms. The van der Waals surface area contributed by atoms with Crippen molar-refractivity contribution in [2.24, 2.45) is 0 Å². The molecule has 0 aromatic carbocycles. The molecular weight excluding hydrogens is 264 g/mol. The molecule has 1 aliphatic rings. The topological polar surface area (TPSA) is 48.4 Å². The highest BCUT2D eigenvalue weighted by Gasteiger charge is 2.51. The monoisotopic (exact) mass is 281 g/mol. The van der Waals surface area contributed by atoms with E-state index in [9.17, 15) is 4.79 Å². The lowest BCUT2D eigenvalue weighted by Crippen LogP contribution is -2.41. The van der Waals surface area contributed by atoms with Gasteiger partial charge >= 0.3 is 7.12 Å². The Kier molecular flexibility index (Phi) is 3.50. The van der Waals surface area contributed by atoms with E-state index >= 15 is 0 Å². The van der Waals surface area contributed by atoms with Crippen molar-refractivity contribution in [2.45, 2.75) is 45.8 Å². The molecule has 2 heterocycles. The van der Waals surface area contributed by atoms with Crippen LogP contribution in [-0.4, -0.2) is 29.1 Å². The van der Waals surface area contributed by atoms with E-state index in [4.69, 9.17) is 20.9 Å². The van der Waals surface area contributed by atoms with Gasteiger partial charge in [-0.15, -0.1) is 0 Å². The number of nitrogens with zero attached hydrogens (tertiary/aromatic N) is 1. The third-order valence-electron chi connectivity index (χ3n) is 3.72. The van der Waals surface area contributed by atoms with Crippen LogP contribution < -0.4 is 5.46 Å². The number of carbonyl (C=O) groups is 1. The van der Waals surface area contributed by atoms with Crippen molar-refractivity contribution in [2.75, 3.05) is 0 Å². The van der Waals surface area contributed by atoms with Crippen molar-refractivity contribution in [3.63, 3.8) is 0 Å². The number of pyridine rings is 1. The summed E-state index contributed by atoms with van der Waals surface area (Å²) >= 11 is 6.05. The van der Waals surface area contributed by atoms with Crippen molar-refractivity contribution in [3.05, 3.63) is 23.0 Å². The van der Waals surface area contributed by atoms with Crippen LogP contribution in [0, 0.1) is 0 Å². The number of rotatable bonds is 2. The second-order valence-electron chi connectivity index (χ2n) is 5.74. The van der Waals surface area contributed by atoms with Gasteiger partial charge in [0, 0.05) is 18.6 Å². The van der Waals surface area contributed by atoms with E-state index in [2.05, 4.69) is 4.98 Å². The number of aromatic nitrogens is 1. The second kappa shape index (κ2) is 4.58. The van der Waals surface area contributed by atoms with Crippen molar-refractivity contribution < 1.29 is 14.1 Å². The smallest absolute Gasteiger partial charge is 0.399 e. The van der Waals surface area contributed by atoms with Gasteiger partial charge in [0.2, 0.25) is 0 Å². The van der Waals surface area contributed by atoms with Crippen molar-refractivity contribution in [1.29, 1.82) is 0 Å². The minimum Gasteiger partial charge on any atom is -0.399 e. The fourth-order valence-electron chi connectivity index (χ4n) is 1.82. The Labute approximate surface area is 118 Å². The number of hydrogen-bond acceptors (Lipinski definition) is 4. The largest absolute Gasteiger partial charge is 0.496 e. The first-order valence-electron chi connectivity index (χ1n) is 6.16. The van der Waals surface area contributed by atoms with Crippen molar-refractivity contribution in [1.82, 2.24) is 4.98 Å².